The van der Waals surface area contributed by atoms with Crippen LogP contribution in [0.15, 0.2) is 36.4 Å². The van der Waals surface area contributed by atoms with Gasteiger partial charge in [-0.25, -0.2) is 0 Å². The lowest BCUT2D eigenvalue weighted by Crippen LogP contribution is -1.87. The summed E-state index contributed by atoms with van der Waals surface area (Å²) in [6, 6.07) is 12.2. The lowest BCUT2D eigenvalue weighted by molar-refractivity contribution is 0.283. The first-order chi connectivity index (χ1) is 6.33. The number of benzene rings is 2. The van der Waals surface area contributed by atoms with Crippen LogP contribution in [0.5, 0.6) is 0 Å². The Hall–Kier alpha value is -0.610. The summed E-state index contributed by atoms with van der Waals surface area (Å²) in [5, 5.41) is 11.5. The Balaban J connectivity index is 2.87. The van der Waals surface area contributed by atoms with Crippen LogP contribution in [0.4, 0.5) is 0 Å². The SMILES string of the molecule is OCc1cccc2cccc(I)c12. The number of fused-ring (bicyclic) bond motifs is 1. The van der Waals surface area contributed by atoms with E-state index in [0.29, 0.717) is 0 Å². The quantitative estimate of drug-likeness (QED) is 0.798. The highest BCUT2D eigenvalue weighted by atomic mass is 127. The first-order valence-electron chi connectivity index (χ1n) is 4.10. The van der Waals surface area contributed by atoms with Gasteiger partial charge in [0.25, 0.3) is 0 Å². The molecule has 0 bridgehead atoms. The second kappa shape index (κ2) is 3.64. The van der Waals surface area contributed by atoms with Crippen molar-refractivity contribution < 1.29 is 5.11 Å². The third kappa shape index (κ3) is 1.56. The van der Waals surface area contributed by atoms with E-state index in [2.05, 4.69) is 40.8 Å². The van der Waals surface area contributed by atoms with Crippen molar-refractivity contribution in [1.29, 1.82) is 0 Å². The average Bonchev–Trinajstić information content (AvgIpc) is 2.17. The van der Waals surface area contributed by atoms with Crippen molar-refractivity contribution in [2.45, 2.75) is 6.61 Å². The van der Waals surface area contributed by atoms with Gasteiger partial charge < -0.3 is 5.11 Å². The summed E-state index contributed by atoms with van der Waals surface area (Å²) in [6.45, 7) is 0.108. The van der Waals surface area contributed by atoms with Gasteiger partial charge in [0, 0.05) is 8.96 Å². The zero-order valence-corrected chi connectivity index (χ0v) is 9.15. The van der Waals surface area contributed by atoms with Crippen molar-refractivity contribution in [3.63, 3.8) is 0 Å². The van der Waals surface area contributed by atoms with E-state index >= 15 is 0 Å². The first-order valence-corrected chi connectivity index (χ1v) is 5.18. The van der Waals surface area contributed by atoms with Crippen molar-refractivity contribution in [3.8, 4) is 0 Å². The molecule has 0 unspecified atom stereocenters. The Morgan fingerprint density at radius 1 is 1.08 bits per heavy atom. The van der Waals surface area contributed by atoms with Crippen LogP contribution < -0.4 is 0 Å². The molecule has 0 aliphatic rings. The third-order valence-electron chi connectivity index (χ3n) is 2.11. The summed E-state index contributed by atoms with van der Waals surface area (Å²) in [7, 11) is 0. The molecule has 1 nitrogen and oxygen atoms in total. The summed E-state index contributed by atoms with van der Waals surface area (Å²) in [5.74, 6) is 0. The summed E-state index contributed by atoms with van der Waals surface area (Å²) < 4.78 is 1.19. The fourth-order valence-corrected chi connectivity index (χ4v) is 2.37. The number of hydrogen-bond donors (Lipinski definition) is 1. The molecular formula is C11H9IO. The fraction of sp³-hybridized carbons (Fsp3) is 0.0909. The summed E-state index contributed by atoms with van der Waals surface area (Å²) in [5.41, 5.74) is 1.00. The third-order valence-corrected chi connectivity index (χ3v) is 3.01. The number of aliphatic hydroxyl groups is 1. The number of halogens is 1. The molecule has 0 heterocycles. The molecule has 0 saturated heterocycles. The van der Waals surface area contributed by atoms with Crippen LogP contribution in [0, 0.1) is 3.57 Å². The highest BCUT2D eigenvalue weighted by molar-refractivity contribution is 14.1. The Labute approximate surface area is 90.5 Å². The van der Waals surface area contributed by atoms with Gasteiger partial charge >= 0.3 is 0 Å². The molecule has 1 N–H and O–H groups in total. The highest BCUT2D eigenvalue weighted by Gasteiger charge is 2.02. The Morgan fingerprint density at radius 3 is 2.46 bits per heavy atom. The molecule has 0 fully saturated rings. The molecule has 2 aromatic carbocycles. The van der Waals surface area contributed by atoms with E-state index in [-0.39, 0.29) is 6.61 Å². The topological polar surface area (TPSA) is 20.2 Å². The van der Waals surface area contributed by atoms with Crippen molar-refractivity contribution in [3.05, 3.63) is 45.5 Å². The van der Waals surface area contributed by atoms with Gasteiger partial charge in [-0.2, -0.15) is 0 Å². The molecule has 0 amide bonds. The summed E-state index contributed by atoms with van der Waals surface area (Å²) in [4.78, 5) is 0. The van der Waals surface area contributed by atoms with Crippen molar-refractivity contribution in [2.24, 2.45) is 0 Å². The predicted molar refractivity (Wildman–Crippen MR) is 62.6 cm³/mol. The van der Waals surface area contributed by atoms with Gasteiger partial charge in [0.1, 0.15) is 0 Å². The molecule has 2 heteroatoms. The largest absolute Gasteiger partial charge is 0.392 e. The fourth-order valence-electron chi connectivity index (χ4n) is 1.50. The molecule has 13 heavy (non-hydrogen) atoms. The first kappa shape index (κ1) is 8.97. The maximum Gasteiger partial charge on any atom is 0.0688 e. The van der Waals surface area contributed by atoms with Gasteiger partial charge in [-0.3, -0.25) is 0 Å². The van der Waals surface area contributed by atoms with Crippen LogP contribution in [0.2, 0.25) is 0 Å². The maximum absolute atomic E-state index is 9.16. The Kier molecular flexibility index (Phi) is 2.51. The number of hydrogen-bond acceptors (Lipinski definition) is 1. The van der Waals surface area contributed by atoms with E-state index in [0.717, 1.165) is 5.56 Å². The van der Waals surface area contributed by atoms with Crippen LogP contribution in [0.3, 0.4) is 0 Å². The summed E-state index contributed by atoms with van der Waals surface area (Å²) >= 11 is 2.30. The number of aliphatic hydroxyl groups excluding tert-OH is 1. The van der Waals surface area contributed by atoms with Gasteiger partial charge in [-0.15, -0.1) is 0 Å². The smallest absolute Gasteiger partial charge is 0.0688 e. The second-order valence-corrected chi connectivity index (χ2v) is 4.08. The lowest BCUT2D eigenvalue weighted by Gasteiger charge is -2.05. The van der Waals surface area contributed by atoms with Crippen LogP contribution >= 0.6 is 22.6 Å². The van der Waals surface area contributed by atoms with Gasteiger partial charge in [-0.05, 0) is 39.6 Å². The molecule has 0 radical (unpaired) electrons. The van der Waals surface area contributed by atoms with Crippen molar-refractivity contribution in [2.75, 3.05) is 0 Å². The van der Waals surface area contributed by atoms with E-state index in [4.69, 9.17) is 5.11 Å². The molecule has 0 saturated carbocycles. The molecule has 66 valence electrons. The van der Waals surface area contributed by atoms with E-state index < -0.39 is 0 Å². The summed E-state index contributed by atoms with van der Waals surface area (Å²) in [6.07, 6.45) is 0. The van der Waals surface area contributed by atoms with Crippen molar-refractivity contribution in [1.82, 2.24) is 0 Å². The van der Waals surface area contributed by atoms with E-state index in [9.17, 15) is 0 Å². The van der Waals surface area contributed by atoms with Crippen LogP contribution in [0.25, 0.3) is 10.8 Å². The minimum atomic E-state index is 0.108. The molecule has 0 atom stereocenters. The molecule has 0 aromatic heterocycles. The highest BCUT2D eigenvalue weighted by Crippen LogP contribution is 2.24. The van der Waals surface area contributed by atoms with Crippen molar-refractivity contribution >= 4 is 33.4 Å². The normalized spacial score (nSPS) is 10.6. The molecule has 0 aliphatic carbocycles. The van der Waals surface area contributed by atoms with Gasteiger partial charge in [0.15, 0.2) is 0 Å². The van der Waals surface area contributed by atoms with Gasteiger partial charge in [-0.1, -0.05) is 30.3 Å². The molecule has 2 rings (SSSR count). The Morgan fingerprint density at radius 2 is 1.77 bits per heavy atom. The van der Waals surface area contributed by atoms with Crippen LogP contribution in [0.1, 0.15) is 5.56 Å². The van der Waals surface area contributed by atoms with E-state index in [1.165, 1.54) is 14.3 Å². The molecule has 0 spiro atoms. The predicted octanol–water partition coefficient (Wildman–Crippen LogP) is 2.94. The molecular weight excluding hydrogens is 275 g/mol. The van der Waals surface area contributed by atoms with Gasteiger partial charge in [0.05, 0.1) is 6.61 Å². The lowest BCUT2D eigenvalue weighted by atomic mass is 10.1. The molecule has 0 aliphatic heterocycles. The van der Waals surface area contributed by atoms with E-state index in [1.807, 2.05) is 18.2 Å². The van der Waals surface area contributed by atoms with Crippen LogP contribution in [-0.2, 0) is 6.61 Å². The standard InChI is InChI=1S/C11H9IO/c12-10-6-2-4-8-3-1-5-9(7-13)11(8)10/h1-6,13H,7H2. The Bertz CT molecular complexity index is 432. The zero-order chi connectivity index (χ0) is 9.26. The monoisotopic (exact) mass is 284 g/mol. The van der Waals surface area contributed by atoms with Crippen LogP contribution in [-0.4, -0.2) is 5.11 Å². The number of rotatable bonds is 1. The van der Waals surface area contributed by atoms with E-state index in [1.54, 1.807) is 0 Å². The maximum atomic E-state index is 9.16. The minimum Gasteiger partial charge on any atom is -0.392 e. The second-order valence-electron chi connectivity index (χ2n) is 2.91. The molecule has 2 aromatic rings. The average molecular weight is 284 g/mol. The van der Waals surface area contributed by atoms with Gasteiger partial charge in [0.2, 0.25) is 0 Å². The zero-order valence-electron chi connectivity index (χ0n) is 7.00. The minimum absolute atomic E-state index is 0.108.